The van der Waals surface area contributed by atoms with E-state index in [1.165, 1.54) is 0 Å². The summed E-state index contributed by atoms with van der Waals surface area (Å²) in [6.45, 7) is 6.55. The molecule has 0 bridgehead atoms. The minimum atomic E-state index is -0.289. The predicted molar refractivity (Wildman–Crippen MR) is 72.7 cm³/mol. The zero-order valence-electron chi connectivity index (χ0n) is 11.5. The van der Waals surface area contributed by atoms with E-state index < -0.39 is 0 Å². The van der Waals surface area contributed by atoms with Crippen molar-refractivity contribution in [1.29, 1.82) is 0 Å². The molecule has 0 saturated heterocycles. The Morgan fingerprint density at radius 3 is 2.79 bits per heavy atom. The van der Waals surface area contributed by atoms with Gasteiger partial charge < -0.3 is 5.32 Å². The Morgan fingerprint density at radius 1 is 1.32 bits per heavy atom. The van der Waals surface area contributed by atoms with Crippen LogP contribution in [0.5, 0.6) is 0 Å². The summed E-state index contributed by atoms with van der Waals surface area (Å²) < 4.78 is 16.2. The smallest absolute Gasteiger partial charge is 0.174 e. The maximum Gasteiger partial charge on any atom is 0.174 e. The highest BCUT2D eigenvalue weighted by Gasteiger charge is 2.13. The largest absolute Gasteiger partial charge is 0.310 e. The Bertz CT molecular complexity index is 548. The molecular formula is C14H19FN4. The van der Waals surface area contributed by atoms with Gasteiger partial charge in [-0.1, -0.05) is 20.8 Å². The topological polar surface area (TPSA) is 42.7 Å². The van der Waals surface area contributed by atoms with Gasteiger partial charge in [0.05, 0.1) is 0 Å². The number of nitrogens with one attached hydrogen (secondary N) is 1. The zero-order chi connectivity index (χ0) is 13.8. The second-order valence-corrected chi connectivity index (χ2v) is 4.71. The van der Waals surface area contributed by atoms with Gasteiger partial charge in [0.2, 0.25) is 0 Å². The van der Waals surface area contributed by atoms with Crippen LogP contribution in [-0.2, 0) is 13.0 Å². The normalized spacial score (nSPS) is 11.2. The van der Waals surface area contributed by atoms with Crippen molar-refractivity contribution in [3.63, 3.8) is 0 Å². The minimum absolute atomic E-state index is 0.289. The maximum atomic E-state index is 14.5. The van der Waals surface area contributed by atoms with E-state index in [2.05, 4.69) is 15.3 Å². The van der Waals surface area contributed by atoms with E-state index in [1.54, 1.807) is 29.2 Å². The molecule has 19 heavy (non-hydrogen) atoms. The molecule has 0 aliphatic carbocycles. The molecule has 0 unspecified atom stereocenters. The van der Waals surface area contributed by atoms with Gasteiger partial charge in [-0.05, 0) is 6.07 Å². The van der Waals surface area contributed by atoms with Crippen molar-refractivity contribution in [1.82, 2.24) is 19.9 Å². The van der Waals surface area contributed by atoms with Crippen molar-refractivity contribution in [3.05, 3.63) is 41.9 Å². The molecule has 0 aliphatic heterocycles. The molecule has 2 aromatic heterocycles. The summed E-state index contributed by atoms with van der Waals surface area (Å²) in [6, 6.07) is 2.02. The lowest BCUT2D eigenvalue weighted by Crippen LogP contribution is -2.23. The van der Waals surface area contributed by atoms with Gasteiger partial charge in [0, 0.05) is 43.2 Å². The molecule has 0 fully saturated rings. The fraction of sp³-hybridized carbons (Fsp3) is 0.429. The Kier molecular flexibility index (Phi) is 4.27. The number of halogens is 1. The van der Waals surface area contributed by atoms with Crippen LogP contribution < -0.4 is 5.32 Å². The molecule has 2 heterocycles. The van der Waals surface area contributed by atoms with Gasteiger partial charge in [0.15, 0.2) is 11.6 Å². The minimum Gasteiger partial charge on any atom is -0.310 e. The predicted octanol–water partition coefficient (Wildman–Crippen LogP) is 2.47. The number of aromatic nitrogens is 3. The second-order valence-electron chi connectivity index (χ2n) is 4.71. The first kappa shape index (κ1) is 13.7. The van der Waals surface area contributed by atoms with Crippen molar-refractivity contribution in [2.45, 2.75) is 39.8 Å². The fourth-order valence-electron chi connectivity index (χ4n) is 1.88. The SMILES string of the molecule is CCc1nccn1-c1nccc(CNC(C)C)c1F. The van der Waals surface area contributed by atoms with E-state index in [9.17, 15) is 4.39 Å². The summed E-state index contributed by atoms with van der Waals surface area (Å²) in [5.74, 6) is 0.834. The molecule has 0 atom stereocenters. The van der Waals surface area contributed by atoms with E-state index in [0.29, 0.717) is 24.0 Å². The first-order chi connectivity index (χ1) is 9.13. The van der Waals surface area contributed by atoms with E-state index in [-0.39, 0.29) is 5.82 Å². The Labute approximate surface area is 112 Å². The first-order valence-corrected chi connectivity index (χ1v) is 6.52. The third-order valence-corrected chi connectivity index (χ3v) is 2.91. The highest BCUT2D eigenvalue weighted by atomic mass is 19.1. The van der Waals surface area contributed by atoms with Crippen molar-refractivity contribution >= 4 is 0 Å². The Balaban J connectivity index is 2.34. The second kappa shape index (κ2) is 5.93. The summed E-state index contributed by atoms with van der Waals surface area (Å²) >= 11 is 0. The number of nitrogens with zero attached hydrogens (tertiary/aromatic N) is 3. The van der Waals surface area contributed by atoms with E-state index in [1.807, 2.05) is 20.8 Å². The van der Waals surface area contributed by atoms with Crippen LogP contribution in [0.1, 0.15) is 32.2 Å². The van der Waals surface area contributed by atoms with Crippen molar-refractivity contribution in [3.8, 4) is 5.82 Å². The molecule has 1 N–H and O–H groups in total. The lowest BCUT2D eigenvalue weighted by molar-refractivity contribution is 0.544. The monoisotopic (exact) mass is 262 g/mol. The molecule has 0 aromatic carbocycles. The van der Waals surface area contributed by atoms with Gasteiger partial charge in [0.1, 0.15) is 5.82 Å². The number of aryl methyl sites for hydroxylation is 1. The lowest BCUT2D eigenvalue weighted by atomic mass is 10.2. The Hall–Kier alpha value is -1.75. The van der Waals surface area contributed by atoms with Gasteiger partial charge in [0.25, 0.3) is 0 Å². The molecule has 0 saturated carbocycles. The summed E-state index contributed by atoms with van der Waals surface area (Å²) in [6.07, 6.45) is 5.78. The van der Waals surface area contributed by atoms with Gasteiger partial charge in [-0.25, -0.2) is 14.4 Å². The van der Waals surface area contributed by atoms with E-state index >= 15 is 0 Å². The molecule has 0 amide bonds. The average Bonchev–Trinajstić information content (AvgIpc) is 2.85. The maximum absolute atomic E-state index is 14.5. The third-order valence-electron chi connectivity index (χ3n) is 2.91. The number of hydrogen-bond donors (Lipinski definition) is 1. The molecule has 102 valence electrons. The average molecular weight is 262 g/mol. The van der Waals surface area contributed by atoms with Crippen LogP contribution in [0.3, 0.4) is 0 Å². The molecule has 5 heteroatoms. The number of pyridine rings is 1. The van der Waals surface area contributed by atoms with Crippen LogP contribution in [-0.4, -0.2) is 20.6 Å². The van der Waals surface area contributed by atoms with Crippen LogP contribution in [0.25, 0.3) is 5.82 Å². The van der Waals surface area contributed by atoms with Gasteiger partial charge in [-0.15, -0.1) is 0 Å². The van der Waals surface area contributed by atoms with Crippen molar-refractivity contribution < 1.29 is 4.39 Å². The molecule has 4 nitrogen and oxygen atoms in total. The highest BCUT2D eigenvalue weighted by molar-refractivity contribution is 5.32. The molecule has 0 aliphatic rings. The number of hydrogen-bond acceptors (Lipinski definition) is 3. The summed E-state index contributed by atoms with van der Waals surface area (Å²) in [4.78, 5) is 8.33. The third kappa shape index (κ3) is 2.98. The highest BCUT2D eigenvalue weighted by Crippen LogP contribution is 2.16. The van der Waals surface area contributed by atoms with Crippen LogP contribution in [0.4, 0.5) is 4.39 Å². The standard InChI is InChI=1S/C14H19FN4/c1-4-12-16-7-8-19(12)14-13(15)11(5-6-17-14)9-18-10(2)3/h5-8,10,18H,4,9H2,1-3H3. The van der Waals surface area contributed by atoms with E-state index in [4.69, 9.17) is 0 Å². The summed E-state index contributed by atoms with van der Waals surface area (Å²) in [5, 5.41) is 3.21. The number of imidazole rings is 1. The van der Waals surface area contributed by atoms with Crippen LogP contribution in [0.15, 0.2) is 24.7 Å². The summed E-state index contributed by atoms with van der Waals surface area (Å²) in [7, 11) is 0. The van der Waals surface area contributed by atoms with Crippen LogP contribution >= 0.6 is 0 Å². The van der Waals surface area contributed by atoms with Crippen LogP contribution in [0, 0.1) is 5.82 Å². The number of rotatable bonds is 5. The Morgan fingerprint density at radius 2 is 2.11 bits per heavy atom. The van der Waals surface area contributed by atoms with Gasteiger partial charge >= 0.3 is 0 Å². The fourth-order valence-corrected chi connectivity index (χ4v) is 1.88. The molecule has 0 spiro atoms. The molecule has 2 rings (SSSR count). The molecule has 0 radical (unpaired) electrons. The van der Waals surface area contributed by atoms with Crippen LogP contribution in [0.2, 0.25) is 0 Å². The zero-order valence-corrected chi connectivity index (χ0v) is 11.5. The lowest BCUT2D eigenvalue weighted by Gasteiger charge is -2.12. The first-order valence-electron chi connectivity index (χ1n) is 6.52. The van der Waals surface area contributed by atoms with Crippen molar-refractivity contribution in [2.75, 3.05) is 0 Å². The quantitative estimate of drug-likeness (QED) is 0.900. The molecular weight excluding hydrogens is 243 g/mol. The van der Waals surface area contributed by atoms with Gasteiger partial charge in [-0.3, -0.25) is 4.57 Å². The van der Waals surface area contributed by atoms with Gasteiger partial charge in [-0.2, -0.15) is 0 Å². The summed E-state index contributed by atoms with van der Waals surface area (Å²) in [5.41, 5.74) is 0.620. The van der Waals surface area contributed by atoms with E-state index in [0.717, 1.165) is 12.2 Å². The van der Waals surface area contributed by atoms with Crippen molar-refractivity contribution in [2.24, 2.45) is 0 Å². The molecule has 2 aromatic rings.